The number of aromatic nitrogens is 2. The molecule has 1 radical (unpaired) electrons. The minimum Gasteiger partial charge on any atom is -0.343 e. The van der Waals surface area contributed by atoms with Gasteiger partial charge in [0.25, 0.3) is 0 Å². The van der Waals surface area contributed by atoms with E-state index in [1.165, 1.54) is 0 Å². The molecule has 1 rings (SSSR count). The first-order chi connectivity index (χ1) is 8.19. The lowest BCUT2D eigenvalue weighted by molar-refractivity contribution is -0.131. The molecule has 0 bridgehead atoms. The summed E-state index contributed by atoms with van der Waals surface area (Å²) in [5.74, 6) is 1.15. The van der Waals surface area contributed by atoms with Gasteiger partial charge in [-0.15, -0.1) is 0 Å². The summed E-state index contributed by atoms with van der Waals surface area (Å²) < 4.78 is 1.97. The van der Waals surface area contributed by atoms with Gasteiger partial charge >= 0.3 is 0 Å². The van der Waals surface area contributed by atoms with Crippen LogP contribution in [0.15, 0.2) is 6.20 Å². The van der Waals surface area contributed by atoms with Crippen molar-refractivity contribution >= 4 is 5.91 Å². The molecule has 0 aliphatic heterocycles. The molecule has 0 saturated carbocycles. The van der Waals surface area contributed by atoms with Crippen LogP contribution in [0.2, 0.25) is 0 Å². The molecule has 0 N–H and O–H groups in total. The Kier molecular flexibility index (Phi) is 5.73. The lowest BCUT2D eigenvalue weighted by atomic mass is 10.3. The van der Waals surface area contributed by atoms with Crippen LogP contribution in [0.25, 0.3) is 0 Å². The van der Waals surface area contributed by atoms with E-state index in [-0.39, 0.29) is 5.91 Å². The van der Waals surface area contributed by atoms with Gasteiger partial charge in [-0.3, -0.25) is 4.79 Å². The summed E-state index contributed by atoms with van der Waals surface area (Å²) in [6.07, 6.45) is 7.17. The fraction of sp³-hybridized carbons (Fsp3) is 0.692. The number of carbonyl (C=O) groups is 1. The highest BCUT2D eigenvalue weighted by Gasteiger charge is 2.11. The van der Waals surface area contributed by atoms with Crippen LogP contribution in [0.5, 0.6) is 0 Å². The van der Waals surface area contributed by atoms with Crippen molar-refractivity contribution in [3.63, 3.8) is 0 Å². The van der Waals surface area contributed by atoms with Gasteiger partial charge in [-0.25, -0.2) is 4.98 Å². The maximum atomic E-state index is 12.0. The Morgan fingerprint density at radius 3 is 2.53 bits per heavy atom. The SMILES string of the molecule is CCCN(CCC)C(=O)CCn1c[c]nc1C. The lowest BCUT2D eigenvalue weighted by Crippen LogP contribution is -2.33. The highest BCUT2D eigenvalue weighted by molar-refractivity contribution is 5.76. The number of hydrogen-bond acceptors (Lipinski definition) is 2. The van der Waals surface area contributed by atoms with Gasteiger partial charge in [-0.1, -0.05) is 13.8 Å². The van der Waals surface area contributed by atoms with Crippen molar-refractivity contribution in [2.45, 2.75) is 46.6 Å². The van der Waals surface area contributed by atoms with Crippen LogP contribution in [0, 0.1) is 13.1 Å². The Balaban J connectivity index is 2.44. The zero-order chi connectivity index (χ0) is 12.7. The van der Waals surface area contributed by atoms with E-state index in [4.69, 9.17) is 0 Å². The van der Waals surface area contributed by atoms with E-state index in [1.54, 1.807) is 6.20 Å². The molecule has 1 aromatic rings. The lowest BCUT2D eigenvalue weighted by Gasteiger charge is -2.21. The molecule has 1 amide bonds. The third kappa shape index (κ3) is 4.21. The van der Waals surface area contributed by atoms with Crippen LogP contribution in [0.1, 0.15) is 38.9 Å². The summed E-state index contributed by atoms with van der Waals surface area (Å²) in [5, 5.41) is 0. The largest absolute Gasteiger partial charge is 0.343 e. The van der Waals surface area contributed by atoms with E-state index in [0.29, 0.717) is 13.0 Å². The quantitative estimate of drug-likeness (QED) is 0.726. The average molecular weight is 236 g/mol. The number of aryl methyl sites for hydroxylation is 2. The highest BCUT2D eigenvalue weighted by Crippen LogP contribution is 2.02. The van der Waals surface area contributed by atoms with Gasteiger partial charge in [0.05, 0.1) is 0 Å². The summed E-state index contributed by atoms with van der Waals surface area (Å²) in [5.41, 5.74) is 0. The summed E-state index contributed by atoms with van der Waals surface area (Å²) in [6.45, 7) is 8.56. The van der Waals surface area contributed by atoms with Crippen LogP contribution >= 0.6 is 0 Å². The molecule has 0 aromatic carbocycles. The average Bonchev–Trinajstić information content (AvgIpc) is 2.71. The van der Waals surface area contributed by atoms with Crippen molar-refractivity contribution in [2.24, 2.45) is 0 Å². The van der Waals surface area contributed by atoms with E-state index in [2.05, 4.69) is 25.0 Å². The van der Waals surface area contributed by atoms with Gasteiger partial charge in [0.1, 0.15) is 12.0 Å². The molecule has 17 heavy (non-hydrogen) atoms. The van der Waals surface area contributed by atoms with Gasteiger partial charge in [-0.2, -0.15) is 0 Å². The van der Waals surface area contributed by atoms with E-state index in [0.717, 1.165) is 31.8 Å². The van der Waals surface area contributed by atoms with Crippen LogP contribution < -0.4 is 0 Å². The maximum Gasteiger partial charge on any atom is 0.224 e. The second-order valence-corrected chi connectivity index (χ2v) is 4.24. The smallest absolute Gasteiger partial charge is 0.224 e. The van der Waals surface area contributed by atoms with E-state index < -0.39 is 0 Å². The molecule has 95 valence electrons. The second kappa shape index (κ2) is 7.09. The van der Waals surface area contributed by atoms with Crippen molar-refractivity contribution in [2.75, 3.05) is 13.1 Å². The number of carbonyl (C=O) groups excluding carboxylic acids is 1. The summed E-state index contributed by atoms with van der Waals surface area (Å²) in [6, 6.07) is 0. The van der Waals surface area contributed by atoms with Crippen molar-refractivity contribution in [1.82, 2.24) is 14.5 Å². The molecule has 0 unspecified atom stereocenters. The predicted molar refractivity (Wildman–Crippen MR) is 67.6 cm³/mol. The molecule has 1 heterocycles. The molecule has 4 heteroatoms. The topological polar surface area (TPSA) is 38.1 Å². The van der Waals surface area contributed by atoms with E-state index in [1.807, 2.05) is 16.4 Å². The second-order valence-electron chi connectivity index (χ2n) is 4.24. The standard InChI is InChI=1S/C13H22N3O/c1-4-8-16(9-5-2)13(17)6-10-15-11-7-14-12(15)3/h11H,4-6,8-10H2,1-3H3. The molecular formula is C13H22N3O. The Morgan fingerprint density at radius 1 is 1.41 bits per heavy atom. The molecule has 4 nitrogen and oxygen atoms in total. The van der Waals surface area contributed by atoms with Crippen molar-refractivity contribution in [1.29, 1.82) is 0 Å². The Bertz CT molecular complexity index is 340. The zero-order valence-corrected chi connectivity index (χ0v) is 11.1. The Morgan fingerprint density at radius 2 is 2.06 bits per heavy atom. The highest BCUT2D eigenvalue weighted by atomic mass is 16.2. The van der Waals surface area contributed by atoms with Crippen molar-refractivity contribution < 1.29 is 4.79 Å². The summed E-state index contributed by atoms with van der Waals surface area (Å²) in [7, 11) is 0. The number of hydrogen-bond donors (Lipinski definition) is 0. The summed E-state index contributed by atoms with van der Waals surface area (Å²) in [4.78, 5) is 18.0. The third-order valence-corrected chi connectivity index (χ3v) is 2.76. The minimum atomic E-state index is 0.238. The molecule has 0 fully saturated rings. The van der Waals surface area contributed by atoms with Crippen LogP contribution in [0.4, 0.5) is 0 Å². The number of imidazole rings is 1. The Labute approximate surface area is 104 Å². The van der Waals surface area contributed by atoms with Gasteiger partial charge in [0.15, 0.2) is 0 Å². The molecule has 0 atom stereocenters. The van der Waals surface area contributed by atoms with Crippen molar-refractivity contribution in [3.05, 3.63) is 18.2 Å². The third-order valence-electron chi connectivity index (χ3n) is 2.76. The maximum absolute atomic E-state index is 12.0. The minimum absolute atomic E-state index is 0.238. The van der Waals surface area contributed by atoms with Gasteiger partial charge in [-0.05, 0) is 19.8 Å². The predicted octanol–water partition coefficient (Wildman–Crippen LogP) is 2.03. The Hall–Kier alpha value is -1.32. The van der Waals surface area contributed by atoms with E-state index >= 15 is 0 Å². The monoisotopic (exact) mass is 236 g/mol. The van der Waals surface area contributed by atoms with E-state index in [9.17, 15) is 4.79 Å². The normalized spacial score (nSPS) is 10.5. The zero-order valence-electron chi connectivity index (χ0n) is 11.1. The molecule has 0 aliphatic carbocycles. The first kappa shape index (κ1) is 13.7. The molecule has 1 aromatic heterocycles. The summed E-state index contributed by atoms with van der Waals surface area (Å²) >= 11 is 0. The first-order valence-corrected chi connectivity index (χ1v) is 6.36. The fourth-order valence-corrected chi connectivity index (χ4v) is 1.85. The molecule has 0 aliphatic rings. The fourth-order valence-electron chi connectivity index (χ4n) is 1.85. The molecular weight excluding hydrogens is 214 g/mol. The number of rotatable bonds is 7. The van der Waals surface area contributed by atoms with Crippen molar-refractivity contribution in [3.8, 4) is 0 Å². The first-order valence-electron chi connectivity index (χ1n) is 6.36. The molecule has 0 saturated heterocycles. The van der Waals surface area contributed by atoms with Crippen LogP contribution in [-0.4, -0.2) is 33.4 Å². The van der Waals surface area contributed by atoms with Crippen LogP contribution in [0.3, 0.4) is 0 Å². The van der Waals surface area contributed by atoms with Crippen LogP contribution in [-0.2, 0) is 11.3 Å². The number of amides is 1. The van der Waals surface area contributed by atoms with Gasteiger partial charge in [0, 0.05) is 32.3 Å². The number of nitrogens with zero attached hydrogens (tertiary/aromatic N) is 3. The van der Waals surface area contributed by atoms with Gasteiger partial charge < -0.3 is 9.47 Å². The molecule has 0 spiro atoms. The van der Waals surface area contributed by atoms with Gasteiger partial charge in [0.2, 0.25) is 5.91 Å².